The van der Waals surface area contributed by atoms with E-state index in [0.29, 0.717) is 18.1 Å². The van der Waals surface area contributed by atoms with Crippen molar-refractivity contribution in [2.75, 3.05) is 11.4 Å². The van der Waals surface area contributed by atoms with Gasteiger partial charge in [0.1, 0.15) is 6.04 Å². The number of amides is 1. The summed E-state index contributed by atoms with van der Waals surface area (Å²) >= 11 is 5.31. The van der Waals surface area contributed by atoms with E-state index in [2.05, 4.69) is 0 Å². The fraction of sp³-hybridized carbons (Fsp3) is 0.333. The fourth-order valence-corrected chi connectivity index (χ4v) is 2.84. The highest BCUT2D eigenvalue weighted by molar-refractivity contribution is 7.80. The zero-order valence-electron chi connectivity index (χ0n) is 9.11. The molecule has 2 heterocycles. The molecule has 0 unspecified atom stereocenters. The molecule has 17 heavy (non-hydrogen) atoms. The molecule has 0 radical (unpaired) electrons. The van der Waals surface area contributed by atoms with Crippen molar-refractivity contribution in [2.45, 2.75) is 18.6 Å². The van der Waals surface area contributed by atoms with E-state index in [9.17, 15) is 9.90 Å². The van der Waals surface area contributed by atoms with Crippen LogP contribution in [0.1, 0.15) is 6.42 Å². The lowest BCUT2D eigenvalue weighted by atomic mass is 10.2. The summed E-state index contributed by atoms with van der Waals surface area (Å²) in [6.07, 6.45) is 0.0299. The van der Waals surface area contributed by atoms with Crippen molar-refractivity contribution in [2.24, 2.45) is 0 Å². The molecule has 2 aliphatic heterocycles. The maximum Gasteiger partial charge on any atom is 0.256 e. The van der Waals surface area contributed by atoms with Gasteiger partial charge in [-0.15, -0.1) is 0 Å². The van der Waals surface area contributed by atoms with Crippen LogP contribution in [0.25, 0.3) is 0 Å². The van der Waals surface area contributed by atoms with Crippen molar-refractivity contribution in [1.29, 1.82) is 0 Å². The number of benzene rings is 1. The van der Waals surface area contributed by atoms with Gasteiger partial charge in [0.15, 0.2) is 5.11 Å². The van der Waals surface area contributed by atoms with Crippen LogP contribution in [0, 0.1) is 0 Å². The summed E-state index contributed by atoms with van der Waals surface area (Å²) in [5.74, 6) is -0.0299. The Hall–Kier alpha value is -1.46. The lowest BCUT2D eigenvalue weighted by Crippen LogP contribution is -2.34. The van der Waals surface area contributed by atoms with Gasteiger partial charge in [-0.3, -0.25) is 9.69 Å². The molecule has 0 aromatic heterocycles. The number of carbonyl (C=O) groups is 1. The van der Waals surface area contributed by atoms with E-state index in [1.165, 1.54) is 0 Å². The first kappa shape index (κ1) is 10.7. The topological polar surface area (TPSA) is 43.8 Å². The molecule has 0 bridgehead atoms. The van der Waals surface area contributed by atoms with Crippen LogP contribution in [-0.2, 0) is 4.79 Å². The first-order valence-electron chi connectivity index (χ1n) is 5.56. The van der Waals surface area contributed by atoms with Crippen molar-refractivity contribution in [1.82, 2.24) is 4.90 Å². The molecule has 2 saturated heterocycles. The number of fused-ring (bicyclic) bond motifs is 1. The van der Waals surface area contributed by atoms with E-state index < -0.39 is 6.10 Å². The third kappa shape index (κ3) is 1.54. The van der Waals surface area contributed by atoms with E-state index in [4.69, 9.17) is 12.2 Å². The second-order valence-corrected chi connectivity index (χ2v) is 4.71. The molecule has 1 N–H and O–H groups in total. The molecule has 88 valence electrons. The minimum atomic E-state index is -0.445. The predicted octanol–water partition coefficient (Wildman–Crippen LogP) is 0.753. The summed E-state index contributed by atoms with van der Waals surface area (Å²) < 4.78 is 0. The number of aliphatic hydroxyl groups excluding tert-OH is 1. The van der Waals surface area contributed by atoms with Gasteiger partial charge in [0, 0.05) is 13.0 Å². The monoisotopic (exact) mass is 248 g/mol. The van der Waals surface area contributed by atoms with Crippen LogP contribution >= 0.6 is 12.2 Å². The van der Waals surface area contributed by atoms with Crippen LogP contribution in [0.4, 0.5) is 5.69 Å². The summed E-state index contributed by atoms with van der Waals surface area (Å²) in [5, 5.41) is 10.1. The van der Waals surface area contributed by atoms with Crippen LogP contribution in [0.3, 0.4) is 0 Å². The number of aliphatic hydroxyl groups is 1. The van der Waals surface area contributed by atoms with Gasteiger partial charge in [-0.2, -0.15) is 0 Å². The van der Waals surface area contributed by atoms with Gasteiger partial charge in [-0.25, -0.2) is 0 Å². The van der Waals surface area contributed by atoms with E-state index >= 15 is 0 Å². The minimum absolute atomic E-state index is 0.0299. The molecule has 5 heteroatoms. The Labute approximate surface area is 104 Å². The van der Waals surface area contributed by atoms with Gasteiger partial charge in [0.05, 0.1) is 11.8 Å². The number of nitrogens with zero attached hydrogens (tertiary/aromatic N) is 2. The largest absolute Gasteiger partial charge is 0.391 e. The molecule has 0 saturated carbocycles. The van der Waals surface area contributed by atoms with Crippen molar-refractivity contribution >= 4 is 28.9 Å². The zero-order chi connectivity index (χ0) is 12.0. The average molecular weight is 248 g/mol. The summed E-state index contributed by atoms with van der Waals surface area (Å²) in [6.45, 7) is 0.457. The molecule has 2 atom stereocenters. The Balaban J connectivity index is 1.95. The van der Waals surface area contributed by atoms with Crippen LogP contribution < -0.4 is 4.90 Å². The van der Waals surface area contributed by atoms with Crippen LogP contribution in [0.15, 0.2) is 30.3 Å². The fourth-order valence-electron chi connectivity index (χ4n) is 2.45. The quantitative estimate of drug-likeness (QED) is 0.745. The van der Waals surface area contributed by atoms with Crippen molar-refractivity contribution in [3.05, 3.63) is 30.3 Å². The number of rotatable bonds is 1. The Morgan fingerprint density at radius 1 is 1.29 bits per heavy atom. The molecule has 3 rings (SSSR count). The standard InChI is InChI=1S/C12H12N2O2S/c15-9-6-10-11(16)14(12(17)13(10)7-9)8-4-2-1-3-5-8/h1-5,9-10,15H,6-7H2/t9-,10+/m1/s1. The van der Waals surface area contributed by atoms with Gasteiger partial charge in [-0.1, -0.05) is 18.2 Å². The first-order valence-corrected chi connectivity index (χ1v) is 5.97. The summed E-state index contributed by atoms with van der Waals surface area (Å²) in [7, 11) is 0. The second-order valence-electron chi connectivity index (χ2n) is 4.35. The van der Waals surface area contributed by atoms with Gasteiger partial charge in [-0.05, 0) is 24.4 Å². The molecule has 0 aliphatic carbocycles. The van der Waals surface area contributed by atoms with E-state index in [1.807, 2.05) is 35.2 Å². The van der Waals surface area contributed by atoms with Crippen LogP contribution in [0.5, 0.6) is 0 Å². The molecule has 2 fully saturated rings. The van der Waals surface area contributed by atoms with E-state index in [1.54, 1.807) is 4.90 Å². The molecular weight excluding hydrogens is 236 g/mol. The highest BCUT2D eigenvalue weighted by atomic mass is 32.1. The molecule has 2 aliphatic rings. The number of para-hydroxylation sites is 1. The molecule has 0 spiro atoms. The second kappa shape index (κ2) is 3.78. The Kier molecular flexibility index (Phi) is 2.38. The number of hydrogen-bond acceptors (Lipinski definition) is 3. The minimum Gasteiger partial charge on any atom is -0.391 e. The van der Waals surface area contributed by atoms with Gasteiger partial charge >= 0.3 is 0 Å². The van der Waals surface area contributed by atoms with Gasteiger partial charge in [0.25, 0.3) is 5.91 Å². The third-order valence-corrected chi connectivity index (χ3v) is 3.65. The predicted molar refractivity (Wildman–Crippen MR) is 67.6 cm³/mol. The highest BCUT2D eigenvalue weighted by Crippen LogP contribution is 2.31. The molecule has 4 nitrogen and oxygen atoms in total. The van der Waals surface area contributed by atoms with Gasteiger partial charge in [0.2, 0.25) is 0 Å². The molecule has 1 aromatic carbocycles. The number of hydrogen-bond donors (Lipinski definition) is 1. The maximum atomic E-state index is 12.2. The zero-order valence-corrected chi connectivity index (χ0v) is 9.93. The Morgan fingerprint density at radius 2 is 2.00 bits per heavy atom. The van der Waals surface area contributed by atoms with Crippen molar-refractivity contribution in [3.8, 4) is 0 Å². The summed E-state index contributed by atoms with van der Waals surface area (Å²) in [4.78, 5) is 15.6. The van der Waals surface area contributed by atoms with E-state index in [-0.39, 0.29) is 11.9 Å². The Bertz CT molecular complexity index is 453. The number of carbonyl (C=O) groups excluding carboxylic acids is 1. The van der Waals surface area contributed by atoms with Gasteiger partial charge < -0.3 is 10.0 Å². The average Bonchev–Trinajstić information content (AvgIpc) is 2.81. The summed E-state index contributed by atoms with van der Waals surface area (Å²) in [6, 6.07) is 9.11. The lowest BCUT2D eigenvalue weighted by Gasteiger charge is -2.19. The molecule has 1 amide bonds. The molecular formula is C12H12N2O2S. The van der Waals surface area contributed by atoms with Crippen molar-refractivity contribution < 1.29 is 9.90 Å². The first-order chi connectivity index (χ1) is 8.18. The van der Waals surface area contributed by atoms with Crippen LogP contribution in [0.2, 0.25) is 0 Å². The Morgan fingerprint density at radius 3 is 2.65 bits per heavy atom. The van der Waals surface area contributed by atoms with Crippen molar-refractivity contribution in [3.63, 3.8) is 0 Å². The highest BCUT2D eigenvalue weighted by Gasteiger charge is 2.48. The lowest BCUT2D eigenvalue weighted by molar-refractivity contribution is -0.119. The molecule has 1 aromatic rings. The normalized spacial score (nSPS) is 27.8. The van der Waals surface area contributed by atoms with E-state index in [0.717, 1.165) is 5.69 Å². The number of thiocarbonyl (C=S) groups is 1. The van der Waals surface area contributed by atoms with Crippen LogP contribution in [-0.4, -0.2) is 39.7 Å². The maximum absolute atomic E-state index is 12.2. The number of anilines is 1. The summed E-state index contributed by atoms with van der Waals surface area (Å²) in [5.41, 5.74) is 0.798. The smallest absolute Gasteiger partial charge is 0.256 e. The third-order valence-electron chi connectivity index (χ3n) is 3.24. The SMILES string of the molecule is O=C1[C@@H]2C[C@@H](O)CN2C(=S)N1c1ccccc1.